The van der Waals surface area contributed by atoms with E-state index in [0.717, 1.165) is 36.8 Å². The van der Waals surface area contributed by atoms with Crippen molar-refractivity contribution in [3.63, 3.8) is 0 Å². The van der Waals surface area contributed by atoms with Crippen molar-refractivity contribution in [2.24, 2.45) is 5.73 Å². The highest BCUT2D eigenvalue weighted by atomic mass is 19.1. The van der Waals surface area contributed by atoms with Crippen LogP contribution < -0.4 is 5.73 Å². The van der Waals surface area contributed by atoms with Crippen LogP contribution in [0, 0.1) is 12.7 Å². The Labute approximate surface area is 115 Å². The fourth-order valence-corrected chi connectivity index (χ4v) is 3.23. The zero-order chi connectivity index (χ0) is 13.9. The van der Waals surface area contributed by atoms with Gasteiger partial charge in [-0.2, -0.15) is 0 Å². The third kappa shape index (κ3) is 3.15. The molecule has 0 spiro atoms. The Morgan fingerprint density at radius 3 is 2.53 bits per heavy atom. The van der Waals surface area contributed by atoms with Crippen LogP contribution in [0.1, 0.15) is 56.2 Å². The third-order valence-corrected chi connectivity index (χ3v) is 4.12. The van der Waals surface area contributed by atoms with Crippen molar-refractivity contribution >= 4 is 0 Å². The SMILES string of the molecule is CCOC1(C(N)c2cc(C)cc(F)c2)CCCCC1. The standard InChI is InChI=1S/C16H24FNO/c1-3-19-16(7-5-4-6-8-16)15(18)13-9-12(2)10-14(17)11-13/h9-11,15H,3-8,18H2,1-2H3. The molecule has 1 aromatic carbocycles. The molecular weight excluding hydrogens is 241 g/mol. The summed E-state index contributed by atoms with van der Waals surface area (Å²) in [6.07, 6.45) is 5.46. The molecule has 0 aliphatic heterocycles. The Morgan fingerprint density at radius 1 is 1.26 bits per heavy atom. The van der Waals surface area contributed by atoms with E-state index in [9.17, 15) is 4.39 Å². The van der Waals surface area contributed by atoms with Gasteiger partial charge in [0.25, 0.3) is 0 Å². The Kier molecular flexibility index (Phi) is 4.58. The lowest BCUT2D eigenvalue weighted by Crippen LogP contribution is -2.45. The van der Waals surface area contributed by atoms with Crippen molar-refractivity contribution in [3.8, 4) is 0 Å². The number of benzene rings is 1. The van der Waals surface area contributed by atoms with Gasteiger partial charge >= 0.3 is 0 Å². The average Bonchev–Trinajstić information content (AvgIpc) is 2.38. The molecular formula is C16H24FNO. The van der Waals surface area contributed by atoms with Gasteiger partial charge in [0.05, 0.1) is 11.6 Å². The molecule has 0 aromatic heterocycles. The summed E-state index contributed by atoms with van der Waals surface area (Å²) in [5.41, 5.74) is 7.89. The monoisotopic (exact) mass is 265 g/mol. The van der Waals surface area contributed by atoms with Crippen molar-refractivity contribution in [1.29, 1.82) is 0 Å². The number of rotatable bonds is 4. The lowest BCUT2D eigenvalue weighted by Gasteiger charge is -2.42. The molecule has 0 bridgehead atoms. The van der Waals surface area contributed by atoms with Gasteiger partial charge < -0.3 is 10.5 Å². The first-order chi connectivity index (χ1) is 9.07. The minimum atomic E-state index is -0.312. The summed E-state index contributed by atoms with van der Waals surface area (Å²) in [6, 6.07) is 4.81. The Hall–Kier alpha value is -0.930. The maximum absolute atomic E-state index is 13.6. The van der Waals surface area contributed by atoms with Gasteiger partial charge in [0.15, 0.2) is 0 Å². The summed E-state index contributed by atoms with van der Waals surface area (Å²) in [7, 11) is 0. The molecule has 0 saturated heterocycles. The molecule has 2 N–H and O–H groups in total. The Morgan fingerprint density at radius 2 is 1.95 bits per heavy atom. The smallest absolute Gasteiger partial charge is 0.123 e. The fraction of sp³-hybridized carbons (Fsp3) is 0.625. The molecule has 0 amide bonds. The lowest BCUT2D eigenvalue weighted by atomic mass is 9.77. The van der Waals surface area contributed by atoms with Crippen LogP contribution in [-0.2, 0) is 4.74 Å². The lowest BCUT2D eigenvalue weighted by molar-refractivity contribution is -0.0831. The third-order valence-electron chi connectivity index (χ3n) is 4.12. The van der Waals surface area contributed by atoms with Crippen LogP contribution in [0.2, 0.25) is 0 Å². The summed E-state index contributed by atoms with van der Waals surface area (Å²) in [4.78, 5) is 0. The van der Waals surface area contributed by atoms with E-state index in [1.807, 2.05) is 19.9 Å². The van der Waals surface area contributed by atoms with E-state index in [1.165, 1.54) is 12.5 Å². The maximum Gasteiger partial charge on any atom is 0.123 e. The van der Waals surface area contributed by atoms with Crippen LogP contribution in [0.15, 0.2) is 18.2 Å². The van der Waals surface area contributed by atoms with E-state index in [4.69, 9.17) is 10.5 Å². The van der Waals surface area contributed by atoms with Crippen molar-refractivity contribution in [2.75, 3.05) is 6.61 Å². The van der Waals surface area contributed by atoms with Gasteiger partial charge in [0.1, 0.15) is 5.82 Å². The second-order valence-electron chi connectivity index (χ2n) is 5.60. The topological polar surface area (TPSA) is 35.2 Å². The fourth-order valence-electron chi connectivity index (χ4n) is 3.23. The molecule has 106 valence electrons. The second-order valence-corrected chi connectivity index (χ2v) is 5.60. The first-order valence-electron chi connectivity index (χ1n) is 7.24. The van der Waals surface area contributed by atoms with E-state index in [1.54, 1.807) is 6.07 Å². The van der Waals surface area contributed by atoms with E-state index >= 15 is 0 Å². The normalized spacial score (nSPS) is 20.2. The zero-order valence-electron chi connectivity index (χ0n) is 11.9. The highest BCUT2D eigenvalue weighted by Crippen LogP contribution is 2.40. The van der Waals surface area contributed by atoms with Gasteiger partial charge in [0, 0.05) is 6.61 Å². The summed E-state index contributed by atoms with van der Waals surface area (Å²) >= 11 is 0. The van der Waals surface area contributed by atoms with Gasteiger partial charge in [-0.25, -0.2) is 4.39 Å². The van der Waals surface area contributed by atoms with Crippen molar-refractivity contribution < 1.29 is 9.13 Å². The van der Waals surface area contributed by atoms with E-state index in [0.29, 0.717) is 6.61 Å². The molecule has 1 unspecified atom stereocenters. The summed E-state index contributed by atoms with van der Waals surface area (Å²) < 4.78 is 19.6. The van der Waals surface area contributed by atoms with E-state index < -0.39 is 0 Å². The van der Waals surface area contributed by atoms with Gasteiger partial charge in [0.2, 0.25) is 0 Å². The Balaban J connectivity index is 2.30. The molecule has 0 heterocycles. The highest BCUT2D eigenvalue weighted by molar-refractivity contribution is 5.28. The summed E-state index contributed by atoms with van der Waals surface area (Å²) in [6.45, 7) is 4.55. The van der Waals surface area contributed by atoms with Crippen LogP contribution in [0.3, 0.4) is 0 Å². The average molecular weight is 265 g/mol. The molecule has 1 aliphatic rings. The molecule has 0 radical (unpaired) electrons. The van der Waals surface area contributed by atoms with Crippen molar-refractivity contribution in [3.05, 3.63) is 35.1 Å². The molecule has 1 fully saturated rings. The number of halogens is 1. The predicted molar refractivity (Wildman–Crippen MR) is 75.5 cm³/mol. The molecule has 2 nitrogen and oxygen atoms in total. The molecule has 1 aliphatic carbocycles. The van der Waals surface area contributed by atoms with Crippen LogP contribution >= 0.6 is 0 Å². The Bertz CT molecular complexity index is 401. The van der Waals surface area contributed by atoms with Gasteiger partial charge in [-0.3, -0.25) is 0 Å². The summed E-state index contributed by atoms with van der Waals surface area (Å²) in [5, 5.41) is 0. The molecule has 3 heteroatoms. The van der Waals surface area contributed by atoms with Gasteiger partial charge in [-0.05, 0) is 49.9 Å². The largest absolute Gasteiger partial charge is 0.373 e. The minimum Gasteiger partial charge on any atom is -0.373 e. The number of hydrogen-bond donors (Lipinski definition) is 1. The predicted octanol–water partition coefficient (Wildman–Crippen LogP) is 3.87. The zero-order valence-corrected chi connectivity index (χ0v) is 11.9. The van der Waals surface area contributed by atoms with Crippen LogP contribution in [0.4, 0.5) is 4.39 Å². The van der Waals surface area contributed by atoms with Gasteiger partial charge in [-0.1, -0.05) is 25.3 Å². The van der Waals surface area contributed by atoms with Crippen LogP contribution in [0.25, 0.3) is 0 Å². The number of hydrogen-bond acceptors (Lipinski definition) is 2. The quantitative estimate of drug-likeness (QED) is 0.896. The molecule has 1 saturated carbocycles. The van der Waals surface area contributed by atoms with Crippen molar-refractivity contribution in [1.82, 2.24) is 0 Å². The number of ether oxygens (including phenoxy) is 1. The van der Waals surface area contributed by atoms with Gasteiger partial charge in [-0.15, -0.1) is 0 Å². The first kappa shape index (κ1) is 14.5. The van der Waals surface area contributed by atoms with Crippen molar-refractivity contribution in [2.45, 2.75) is 57.6 Å². The van der Waals surface area contributed by atoms with Crippen LogP contribution in [0.5, 0.6) is 0 Å². The van der Waals surface area contributed by atoms with E-state index in [-0.39, 0.29) is 17.5 Å². The van der Waals surface area contributed by atoms with Crippen LogP contribution in [-0.4, -0.2) is 12.2 Å². The highest BCUT2D eigenvalue weighted by Gasteiger charge is 2.39. The van der Waals surface area contributed by atoms with E-state index in [2.05, 4.69) is 0 Å². The first-order valence-corrected chi connectivity index (χ1v) is 7.24. The molecule has 1 aromatic rings. The molecule has 2 rings (SSSR count). The second kappa shape index (κ2) is 6.02. The minimum absolute atomic E-state index is 0.215. The summed E-state index contributed by atoms with van der Waals surface area (Å²) in [5.74, 6) is -0.215. The molecule has 19 heavy (non-hydrogen) atoms. The number of aryl methyl sites for hydroxylation is 1. The number of nitrogens with two attached hydrogens (primary N) is 1. The molecule has 1 atom stereocenters. The maximum atomic E-state index is 13.6.